The van der Waals surface area contributed by atoms with Gasteiger partial charge in [0, 0.05) is 11.5 Å². The first kappa shape index (κ1) is 11.5. The highest BCUT2D eigenvalue weighted by Crippen LogP contribution is 2.27. The first-order chi connectivity index (χ1) is 6.63. The highest BCUT2D eigenvalue weighted by molar-refractivity contribution is 9.11. The summed E-state index contributed by atoms with van der Waals surface area (Å²) < 4.78 is 7.04. The van der Waals surface area contributed by atoms with Crippen molar-refractivity contribution in [1.82, 2.24) is 5.32 Å². The lowest BCUT2D eigenvalue weighted by atomic mass is 10.3. The van der Waals surface area contributed by atoms with Gasteiger partial charge >= 0.3 is 0 Å². The van der Waals surface area contributed by atoms with E-state index in [0.717, 1.165) is 8.95 Å². The molecule has 1 aromatic rings. The normalized spacial score (nSPS) is 9.64. The molecule has 1 aromatic carbocycles. The number of halogens is 2. The first-order valence-electron chi connectivity index (χ1n) is 3.92. The predicted molar refractivity (Wildman–Crippen MR) is 61.4 cm³/mol. The van der Waals surface area contributed by atoms with Gasteiger partial charge < -0.3 is 10.1 Å². The Morgan fingerprint density at radius 3 is 2.79 bits per heavy atom. The molecule has 76 valence electrons. The third-order valence-corrected chi connectivity index (χ3v) is 2.64. The molecule has 3 nitrogen and oxygen atoms in total. The van der Waals surface area contributed by atoms with E-state index in [1.54, 1.807) is 13.1 Å². The molecule has 0 heterocycles. The fraction of sp³-hybridized carbons (Fsp3) is 0.222. The summed E-state index contributed by atoms with van der Waals surface area (Å²) in [6.45, 7) is 0.0245. The number of likely N-dealkylation sites (N-methyl/N-ethyl adjacent to an activating group) is 1. The Labute approximate surface area is 99.1 Å². The molecule has 0 atom stereocenters. The SMILES string of the molecule is CNC(=O)COc1ccc(Br)cc1Br. The van der Waals surface area contributed by atoms with E-state index in [4.69, 9.17) is 4.74 Å². The van der Waals surface area contributed by atoms with Gasteiger partial charge in [-0.3, -0.25) is 4.79 Å². The van der Waals surface area contributed by atoms with Crippen molar-refractivity contribution in [2.24, 2.45) is 0 Å². The summed E-state index contributed by atoms with van der Waals surface area (Å²) in [5.74, 6) is 0.497. The molecule has 0 bridgehead atoms. The van der Waals surface area contributed by atoms with Crippen LogP contribution < -0.4 is 10.1 Å². The predicted octanol–water partition coefficient (Wildman–Crippen LogP) is 2.34. The van der Waals surface area contributed by atoms with Gasteiger partial charge in [-0.05, 0) is 34.1 Å². The van der Waals surface area contributed by atoms with Crippen LogP contribution in [0.2, 0.25) is 0 Å². The topological polar surface area (TPSA) is 38.3 Å². The molecule has 0 aliphatic rings. The van der Waals surface area contributed by atoms with Crippen LogP contribution in [0.3, 0.4) is 0 Å². The Kier molecular flexibility index (Phi) is 4.41. The number of amides is 1. The molecule has 0 spiro atoms. The largest absolute Gasteiger partial charge is 0.483 e. The van der Waals surface area contributed by atoms with Gasteiger partial charge in [0.05, 0.1) is 4.47 Å². The van der Waals surface area contributed by atoms with E-state index in [0.29, 0.717) is 5.75 Å². The van der Waals surface area contributed by atoms with Gasteiger partial charge in [-0.15, -0.1) is 0 Å². The van der Waals surface area contributed by atoms with Crippen LogP contribution in [0.4, 0.5) is 0 Å². The van der Waals surface area contributed by atoms with Crippen molar-refractivity contribution in [1.29, 1.82) is 0 Å². The Bertz CT molecular complexity index is 342. The van der Waals surface area contributed by atoms with Crippen molar-refractivity contribution >= 4 is 37.8 Å². The van der Waals surface area contributed by atoms with Crippen LogP contribution in [0.15, 0.2) is 27.1 Å². The summed E-state index contributed by atoms with van der Waals surface area (Å²) in [6, 6.07) is 5.50. The standard InChI is InChI=1S/C9H9Br2NO2/c1-12-9(13)5-14-8-3-2-6(10)4-7(8)11/h2-4H,5H2,1H3,(H,12,13). The molecule has 0 aliphatic heterocycles. The van der Waals surface area contributed by atoms with Crippen molar-refractivity contribution < 1.29 is 9.53 Å². The summed E-state index contributed by atoms with van der Waals surface area (Å²) >= 11 is 6.66. The molecule has 0 unspecified atom stereocenters. The fourth-order valence-electron chi connectivity index (χ4n) is 0.808. The van der Waals surface area contributed by atoms with Crippen LogP contribution in [0.1, 0.15) is 0 Å². The van der Waals surface area contributed by atoms with Gasteiger partial charge in [-0.2, -0.15) is 0 Å². The average molecular weight is 323 g/mol. The van der Waals surface area contributed by atoms with Crippen LogP contribution in [0.25, 0.3) is 0 Å². The number of nitrogens with one attached hydrogen (secondary N) is 1. The van der Waals surface area contributed by atoms with E-state index in [9.17, 15) is 4.79 Å². The summed E-state index contributed by atoms with van der Waals surface area (Å²) in [4.78, 5) is 10.9. The molecule has 0 radical (unpaired) electrons. The van der Waals surface area contributed by atoms with E-state index in [1.165, 1.54) is 0 Å². The smallest absolute Gasteiger partial charge is 0.257 e. The van der Waals surface area contributed by atoms with E-state index >= 15 is 0 Å². The van der Waals surface area contributed by atoms with Crippen LogP contribution >= 0.6 is 31.9 Å². The molecule has 0 saturated carbocycles. The lowest BCUT2D eigenvalue weighted by molar-refractivity contribution is -0.122. The fourth-order valence-corrected chi connectivity index (χ4v) is 1.97. The molecule has 1 rings (SSSR count). The molecule has 0 aromatic heterocycles. The summed E-state index contributed by atoms with van der Waals surface area (Å²) in [5, 5.41) is 2.48. The Morgan fingerprint density at radius 1 is 1.50 bits per heavy atom. The summed E-state index contributed by atoms with van der Waals surface area (Å²) in [5.41, 5.74) is 0. The molecule has 0 aliphatic carbocycles. The van der Waals surface area contributed by atoms with Gasteiger partial charge in [0.1, 0.15) is 5.75 Å². The van der Waals surface area contributed by atoms with Gasteiger partial charge in [-0.25, -0.2) is 0 Å². The first-order valence-corrected chi connectivity index (χ1v) is 5.50. The molecular formula is C9H9Br2NO2. The van der Waals surface area contributed by atoms with Crippen molar-refractivity contribution in [3.8, 4) is 5.75 Å². The van der Waals surface area contributed by atoms with Gasteiger partial charge in [-0.1, -0.05) is 15.9 Å². The lowest BCUT2D eigenvalue weighted by Gasteiger charge is -2.07. The molecule has 5 heteroatoms. The monoisotopic (exact) mass is 321 g/mol. The second-order valence-electron chi connectivity index (χ2n) is 2.54. The van der Waals surface area contributed by atoms with E-state index in [1.807, 2.05) is 12.1 Å². The minimum Gasteiger partial charge on any atom is -0.483 e. The number of carbonyl (C=O) groups excluding carboxylic acids is 1. The average Bonchev–Trinajstić information content (AvgIpc) is 2.16. The van der Waals surface area contributed by atoms with Crippen molar-refractivity contribution in [3.63, 3.8) is 0 Å². The Hall–Kier alpha value is -0.550. The zero-order valence-electron chi connectivity index (χ0n) is 7.51. The van der Waals surface area contributed by atoms with E-state index in [-0.39, 0.29) is 12.5 Å². The van der Waals surface area contributed by atoms with Gasteiger partial charge in [0.15, 0.2) is 6.61 Å². The van der Waals surface area contributed by atoms with Crippen molar-refractivity contribution in [2.45, 2.75) is 0 Å². The summed E-state index contributed by atoms with van der Waals surface area (Å²) in [6.07, 6.45) is 0. The molecular weight excluding hydrogens is 314 g/mol. The molecule has 0 fully saturated rings. The minimum absolute atomic E-state index is 0.0245. The van der Waals surface area contributed by atoms with Crippen LogP contribution in [-0.4, -0.2) is 19.6 Å². The number of hydrogen-bond donors (Lipinski definition) is 1. The highest BCUT2D eigenvalue weighted by Gasteiger charge is 2.03. The maximum absolute atomic E-state index is 10.9. The molecule has 0 saturated heterocycles. The van der Waals surface area contributed by atoms with Gasteiger partial charge in [0.2, 0.25) is 0 Å². The number of carbonyl (C=O) groups is 1. The summed E-state index contributed by atoms with van der Waals surface area (Å²) in [7, 11) is 1.57. The third kappa shape index (κ3) is 3.31. The van der Waals surface area contributed by atoms with E-state index < -0.39 is 0 Å². The zero-order chi connectivity index (χ0) is 10.6. The second-order valence-corrected chi connectivity index (χ2v) is 4.31. The number of hydrogen-bond acceptors (Lipinski definition) is 2. The Morgan fingerprint density at radius 2 is 2.21 bits per heavy atom. The number of benzene rings is 1. The van der Waals surface area contributed by atoms with E-state index in [2.05, 4.69) is 37.2 Å². The van der Waals surface area contributed by atoms with Crippen molar-refractivity contribution in [3.05, 3.63) is 27.1 Å². The minimum atomic E-state index is -0.153. The quantitative estimate of drug-likeness (QED) is 0.927. The molecule has 1 amide bonds. The lowest BCUT2D eigenvalue weighted by Crippen LogP contribution is -2.24. The third-order valence-electron chi connectivity index (χ3n) is 1.53. The molecule has 1 N–H and O–H groups in total. The zero-order valence-corrected chi connectivity index (χ0v) is 10.7. The maximum atomic E-state index is 10.9. The molecule has 14 heavy (non-hydrogen) atoms. The van der Waals surface area contributed by atoms with Crippen LogP contribution in [0.5, 0.6) is 5.75 Å². The van der Waals surface area contributed by atoms with Gasteiger partial charge in [0.25, 0.3) is 5.91 Å². The number of ether oxygens (including phenoxy) is 1. The second kappa shape index (κ2) is 5.36. The van der Waals surface area contributed by atoms with Crippen molar-refractivity contribution in [2.75, 3.05) is 13.7 Å². The number of rotatable bonds is 3. The highest BCUT2D eigenvalue weighted by atomic mass is 79.9. The van der Waals surface area contributed by atoms with Crippen LogP contribution in [-0.2, 0) is 4.79 Å². The van der Waals surface area contributed by atoms with Crippen LogP contribution in [0, 0.1) is 0 Å². The Balaban J connectivity index is 2.63. The maximum Gasteiger partial charge on any atom is 0.257 e.